The summed E-state index contributed by atoms with van der Waals surface area (Å²) in [5.41, 5.74) is 3.01. The van der Waals surface area contributed by atoms with Crippen LogP contribution < -0.4 is 5.32 Å². The Labute approximate surface area is 126 Å². The molecule has 20 heavy (non-hydrogen) atoms. The lowest BCUT2D eigenvalue weighted by Crippen LogP contribution is -2.32. The van der Waals surface area contributed by atoms with Crippen LogP contribution in [-0.2, 0) is 13.0 Å². The molecule has 3 rings (SSSR count). The lowest BCUT2D eigenvalue weighted by molar-refractivity contribution is 0.141. The molecule has 2 unspecified atom stereocenters. The summed E-state index contributed by atoms with van der Waals surface area (Å²) in [5.74, 6) is 0.261. The Morgan fingerprint density at radius 3 is 2.70 bits per heavy atom. The van der Waals surface area contributed by atoms with Crippen LogP contribution in [0.4, 0.5) is 0 Å². The second-order valence-electron chi connectivity index (χ2n) is 5.07. The van der Waals surface area contributed by atoms with E-state index >= 15 is 0 Å². The van der Waals surface area contributed by atoms with Crippen LogP contribution in [0.25, 0.3) is 0 Å². The molecule has 3 N–H and O–H groups in total. The quantitative estimate of drug-likeness (QED) is 0.809. The number of benzene rings is 2. The van der Waals surface area contributed by atoms with Gasteiger partial charge in [0.25, 0.3) is 0 Å². The van der Waals surface area contributed by atoms with Gasteiger partial charge in [0, 0.05) is 22.6 Å². The van der Waals surface area contributed by atoms with E-state index in [1.54, 1.807) is 12.1 Å². The molecule has 2 atom stereocenters. The van der Waals surface area contributed by atoms with Gasteiger partial charge in [0.2, 0.25) is 0 Å². The molecule has 0 aromatic heterocycles. The second kappa shape index (κ2) is 5.56. The lowest BCUT2D eigenvalue weighted by Gasteiger charge is -2.18. The van der Waals surface area contributed by atoms with Crippen molar-refractivity contribution in [2.75, 3.05) is 0 Å². The highest BCUT2D eigenvalue weighted by Gasteiger charge is 2.30. The molecule has 0 aliphatic heterocycles. The molecule has 0 saturated carbocycles. The molecular weight excluding hydrogens is 318 g/mol. The van der Waals surface area contributed by atoms with Gasteiger partial charge < -0.3 is 15.5 Å². The Bertz CT molecular complexity index is 609. The molecule has 104 valence electrons. The van der Waals surface area contributed by atoms with E-state index in [1.807, 2.05) is 24.3 Å². The van der Waals surface area contributed by atoms with Crippen LogP contribution >= 0.6 is 15.9 Å². The molecule has 2 aromatic rings. The van der Waals surface area contributed by atoms with Gasteiger partial charge in [-0.15, -0.1) is 0 Å². The van der Waals surface area contributed by atoms with Crippen molar-refractivity contribution in [2.45, 2.75) is 25.1 Å². The van der Waals surface area contributed by atoms with Crippen molar-refractivity contribution in [1.82, 2.24) is 5.32 Å². The smallest absolute Gasteiger partial charge is 0.121 e. The largest absolute Gasteiger partial charge is 0.508 e. The van der Waals surface area contributed by atoms with Gasteiger partial charge in [-0.1, -0.05) is 46.3 Å². The molecule has 0 saturated heterocycles. The fourth-order valence-corrected chi connectivity index (χ4v) is 3.21. The minimum atomic E-state index is -0.490. The van der Waals surface area contributed by atoms with Gasteiger partial charge >= 0.3 is 0 Å². The van der Waals surface area contributed by atoms with E-state index in [4.69, 9.17) is 0 Å². The number of halogens is 1. The number of aliphatic hydroxyl groups excluding tert-OH is 1. The maximum Gasteiger partial charge on any atom is 0.121 e. The summed E-state index contributed by atoms with van der Waals surface area (Å²) in [6.45, 7) is 0.517. The van der Waals surface area contributed by atoms with Crippen LogP contribution in [0.1, 0.15) is 22.8 Å². The van der Waals surface area contributed by atoms with Gasteiger partial charge in [0.15, 0.2) is 0 Å². The Morgan fingerprint density at radius 1 is 1.15 bits per heavy atom. The summed E-state index contributed by atoms with van der Waals surface area (Å²) in [6, 6.07) is 13.3. The molecule has 0 bridgehead atoms. The van der Waals surface area contributed by atoms with Crippen molar-refractivity contribution in [2.24, 2.45) is 0 Å². The van der Waals surface area contributed by atoms with Crippen LogP contribution in [0.15, 0.2) is 46.9 Å². The van der Waals surface area contributed by atoms with E-state index in [-0.39, 0.29) is 11.8 Å². The van der Waals surface area contributed by atoms with E-state index in [2.05, 4.69) is 27.3 Å². The van der Waals surface area contributed by atoms with E-state index < -0.39 is 6.10 Å². The molecule has 4 heteroatoms. The third-order valence-electron chi connectivity index (χ3n) is 3.83. The van der Waals surface area contributed by atoms with Gasteiger partial charge in [0.05, 0.1) is 6.10 Å². The molecule has 0 radical (unpaired) electrons. The highest BCUT2D eigenvalue weighted by Crippen LogP contribution is 2.32. The number of phenolic OH excluding ortho intramolecular Hbond substituents is 1. The average Bonchev–Trinajstić information content (AvgIpc) is 2.76. The molecule has 1 aliphatic carbocycles. The Balaban J connectivity index is 1.72. The minimum Gasteiger partial charge on any atom is -0.508 e. The molecule has 1 aliphatic rings. The Hall–Kier alpha value is -1.36. The number of rotatable bonds is 3. The van der Waals surface area contributed by atoms with Gasteiger partial charge in [-0.2, -0.15) is 0 Å². The zero-order chi connectivity index (χ0) is 14.1. The first-order valence-corrected chi connectivity index (χ1v) is 7.41. The standard InChI is InChI=1S/C16H16BrNO2/c17-13-6-3-7-15(19)12(13)9-18-14-8-10-4-1-2-5-11(10)16(14)20/h1-7,14,16,18-20H,8-9H2. The predicted molar refractivity (Wildman–Crippen MR) is 81.5 cm³/mol. The normalized spacial score (nSPS) is 20.9. The zero-order valence-electron chi connectivity index (χ0n) is 10.9. The summed E-state index contributed by atoms with van der Waals surface area (Å²) in [7, 11) is 0. The zero-order valence-corrected chi connectivity index (χ0v) is 12.5. The number of hydrogen-bond acceptors (Lipinski definition) is 3. The number of nitrogens with one attached hydrogen (secondary N) is 1. The van der Waals surface area contributed by atoms with E-state index in [1.165, 1.54) is 5.56 Å². The third-order valence-corrected chi connectivity index (χ3v) is 4.57. The van der Waals surface area contributed by atoms with E-state index in [0.29, 0.717) is 6.54 Å². The fourth-order valence-electron chi connectivity index (χ4n) is 2.71. The molecule has 3 nitrogen and oxygen atoms in total. The van der Waals surface area contributed by atoms with Crippen LogP contribution in [0.3, 0.4) is 0 Å². The van der Waals surface area contributed by atoms with Crippen molar-refractivity contribution in [3.63, 3.8) is 0 Å². The minimum absolute atomic E-state index is 0.0149. The number of aromatic hydroxyl groups is 1. The molecular formula is C16H16BrNO2. The Kier molecular flexibility index (Phi) is 3.78. The van der Waals surface area contributed by atoms with E-state index in [0.717, 1.165) is 22.0 Å². The second-order valence-corrected chi connectivity index (χ2v) is 5.93. The fraction of sp³-hybridized carbons (Fsp3) is 0.250. The average molecular weight is 334 g/mol. The van der Waals surface area contributed by atoms with Gasteiger partial charge in [-0.25, -0.2) is 0 Å². The van der Waals surface area contributed by atoms with Crippen LogP contribution in [-0.4, -0.2) is 16.3 Å². The monoisotopic (exact) mass is 333 g/mol. The van der Waals surface area contributed by atoms with Gasteiger partial charge in [-0.05, 0) is 29.7 Å². The van der Waals surface area contributed by atoms with Crippen molar-refractivity contribution in [1.29, 1.82) is 0 Å². The van der Waals surface area contributed by atoms with Crippen molar-refractivity contribution in [3.8, 4) is 5.75 Å². The summed E-state index contributed by atoms with van der Waals surface area (Å²) >= 11 is 3.44. The number of phenols is 1. The molecule has 2 aromatic carbocycles. The SMILES string of the molecule is Oc1cccc(Br)c1CNC1Cc2ccccc2C1O. The van der Waals surface area contributed by atoms with Crippen molar-refractivity contribution in [3.05, 3.63) is 63.6 Å². The summed E-state index contributed by atoms with van der Waals surface area (Å²) < 4.78 is 0.870. The van der Waals surface area contributed by atoms with E-state index in [9.17, 15) is 10.2 Å². The van der Waals surface area contributed by atoms with Crippen LogP contribution in [0.5, 0.6) is 5.75 Å². The first kappa shape index (κ1) is 13.6. The lowest BCUT2D eigenvalue weighted by atomic mass is 10.1. The molecule has 0 spiro atoms. The first-order valence-electron chi connectivity index (χ1n) is 6.62. The topological polar surface area (TPSA) is 52.5 Å². The van der Waals surface area contributed by atoms with Crippen molar-refractivity contribution < 1.29 is 10.2 Å². The number of aliphatic hydroxyl groups is 1. The highest BCUT2D eigenvalue weighted by molar-refractivity contribution is 9.10. The summed E-state index contributed by atoms with van der Waals surface area (Å²) in [4.78, 5) is 0. The Morgan fingerprint density at radius 2 is 1.95 bits per heavy atom. The summed E-state index contributed by atoms with van der Waals surface area (Å²) in [6.07, 6.45) is 0.318. The maximum atomic E-state index is 10.3. The predicted octanol–water partition coefficient (Wildman–Crippen LogP) is 2.90. The first-order chi connectivity index (χ1) is 9.66. The summed E-state index contributed by atoms with van der Waals surface area (Å²) in [5, 5.41) is 23.5. The van der Waals surface area contributed by atoms with Gasteiger partial charge in [0.1, 0.15) is 5.75 Å². The van der Waals surface area contributed by atoms with Crippen molar-refractivity contribution >= 4 is 15.9 Å². The van der Waals surface area contributed by atoms with Crippen LogP contribution in [0.2, 0.25) is 0 Å². The molecule has 0 fully saturated rings. The molecule has 0 amide bonds. The number of fused-ring (bicyclic) bond motifs is 1. The maximum absolute atomic E-state index is 10.3. The third kappa shape index (κ3) is 2.46. The highest BCUT2D eigenvalue weighted by atomic mass is 79.9. The molecule has 0 heterocycles. The van der Waals surface area contributed by atoms with Gasteiger partial charge in [-0.3, -0.25) is 0 Å². The number of hydrogen-bond donors (Lipinski definition) is 3. The van der Waals surface area contributed by atoms with Crippen LogP contribution in [0, 0.1) is 0 Å².